The third kappa shape index (κ3) is 4.38. The van der Waals surface area contributed by atoms with Gasteiger partial charge in [-0.2, -0.15) is 4.72 Å². The van der Waals surface area contributed by atoms with E-state index in [1.165, 1.54) is 6.07 Å². The number of ether oxygens (including phenoxy) is 1. The van der Waals surface area contributed by atoms with Crippen molar-refractivity contribution in [1.82, 2.24) is 4.72 Å². The summed E-state index contributed by atoms with van der Waals surface area (Å²) in [7, 11) is -4.26. The lowest BCUT2D eigenvalue weighted by Gasteiger charge is -2.20. The topological polar surface area (TPSA) is 122 Å². The number of halogens is 1. The van der Waals surface area contributed by atoms with Crippen LogP contribution >= 0.6 is 11.6 Å². The van der Waals surface area contributed by atoms with Crippen molar-refractivity contribution in [2.24, 2.45) is 0 Å². The minimum absolute atomic E-state index is 0.0372. The minimum Gasteiger partial charge on any atom is -0.482 e. The fourth-order valence-electron chi connectivity index (χ4n) is 2.57. The summed E-state index contributed by atoms with van der Waals surface area (Å²) in [5.41, 5.74) is 0.907. The highest BCUT2D eigenvalue weighted by Crippen LogP contribution is 2.35. The van der Waals surface area contributed by atoms with Crippen LogP contribution in [0.2, 0.25) is 5.02 Å². The number of rotatable bonds is 6. The molecule has 0 fully saturated rings. The van der Waals surface area contributed by atoms with E-state index >= 15 is 0 Å². The van der Waals surface area contributed by atoms with Gasteiger partial charge < -0.3 is 15.2 Å². The van der Waals surface area contributed by atoms with E-state index < -0.39 is 22.0 Å². The average Bonchev–Trinajstić information content (AvgIpc) is 2.61. The molecule has 0 saturated heterocycles. The Morgan fingerprint density at radius 3 is 2.67 bits per heavy atom. The molecule has 27 heavy (non-hydrogen) atoms. The van der Waals surface area contributed by atoms with Gasteiger partial charge in [-0.3, -0.25) is 9.59 Å². The van der Waals surface area contributed by atoms with E-state index in [0.717, 1.165) is 6.07 Å². The maximum Gasteiger partial charge on any atom is 0.322 e. The summed E-state index contributed by atoms with van der Waals surface area (Å²) in [6.07, 6.45) is -0.0372. The number of fused-ring (bicyclic) bond motifs is 1. The predicted octanol–water partition coefficient (Wildman–Crippen LogP) is 1.65. The minimum atomic E-state index is -4.26. The van der Waals surface area contributed by atoms with Gasteiger partial charge in [0.05, 0.1) is 10.7 Å². The molecule has 1 aliphatic heterocycles. The molecule has 1 amide bonds. The second kappa shape index (κ2) is 7.55. The third-order valence-corrected chi connectivity index (χ3v) is 5.77. The lowest BCUT2D eigenvalue weighted by Crippen LogP contribution is -2.42. The SMILES string of the molecule is O=C1COc2cc(S(=O)(=O)N[C@H](Cc3ccccc3)C(=O)O)c(Cl)cc2N1. The fourth-order valence-corrected chi connectivity index (χ4v) is 4.30. The number of sulfonamides is 1. The molecule has 0 radical (unpaired) electrons. The van der Waals surface area contributed by atoms with Crippen molar-refractivity contribution in [3.05, 3.63) is 53.1 Å². The van der Waals surface area contributed by atoms with Crippen LogP contribution in [0.15, 0.2) is 47.4 Å². The van der Waals surface area contributed by atoms with Crippen LogP contribution in [0.25, 0.3) is 0 Å². The van der Waals surface area contributed by atoms with Gasteiger partial charge in [0.15, 0.2) is 6.61 Å². The molecule has 0 aromatic heterocycles. The smallest absolute Gasteiger partial charge is 0.322 e. The molecular formula is C17H15ClN2O6S. The van der Waals surface area contributed by atoms with Gasteiger partial charge in [-0.1, -0.05) is 41.9 Å². The largest absolute Gasteiger partial charge is 0.482 e. The normalized spacial score (nSPS) is 14.6. The van der Waals surface area contributed by atoms with Crippen molar-refractivity contribution in [2.75, 3.05) is 11.9 Å². The molecule has 0 aliphatic carbocycles. The number of anilines is 1. The monoisotopic (exact) mass is 410 g/mol. The lowest BCUT2D eigenvalue weighted by atomic mass is 10.1. The molecule has 142 valence electrons. The van der Waals surface area contributed by atoms with E-state index in [1.807, 2.05) is 0 Å². The van der Waals surface area contributed by atoms with Crippen LogP contribution in [0.3, 0.4) is 0 Å². The number of amides is 1. The number of carbonyl (C=O) groups excluding carboxylic acids is 1. The van der Waals surface area contributed by atoms with Crippen LogP contribution in [-0.4, -0.2) is 38.0 Å². The molecule has 8 nitrogen and oxygen atoms in total. The first kappa shape index (κ1) is 19.2. The van der Waals surface area contributed by atoms with Gasteiger partial charge in [-0.15, -0.1) is 0 Å². The van der Waals surface area contributed by atoms with Crippen molar-refractivity contribution in [2.45, 2.75) is 17.4 Å². The van der Waals surface area contributed by atoms with Gasteiger partial charge >= 0.3 is 5.97 Å². The molecule has 2 aromatic carbocycles. The maximum absolute atomic E-state index is 12.7. The Hall–Kier alpha value is -2.62. The molecule has 1 heterocycles. The lowest BCUT2D eigenvalue weighted by molar-refractivity contribution is -0.138. The average molecular weight is 411 g/mol. The van der Waals surface area contributed by atoms with Crippen LogP contribution < -0.4 is 14.8 Å². The molecule has 0 bridgehead atoms. The summed E-state index contributed by atoms with van der Waals surface area (Å²) < 4.78 is 32.8. The Kier molecular flexibility index (Phi) is 5.36. The third-order valence-electron chi connectivity index (χ3n) is 3.83. The quantitative estimate of drug-likeness (QED) is 0.665. The molecule has 1 aliphatic rings. The summed E-state index contributed by atoms with van der Waals surface area (Å²) in [5.74, 6) is -1.57. The van der Waals surface area contributed by atoms with E-state index in [-0.39, 0.29) is 40.3 Å². The first-order valence-electron chi connectivity index (χ1n) is 7.81. The van der Waals surface area contributed by atoms with Crippen molar-refractivity contribution < 1.29 is 27.9 Å². The van der Waals surface area contributed by atoms with Crippen LogP contribution in [0.5, 0.6) is 5.75 Å². The van der Waals surface area contributed by atoms with Crippen LogP contribution in [-0.2, 0) is 26.0 Å². The van der Waals surface area contributed by atoms with Gasteiger partial charge in [0.2, 0.25) is 10.0 Å². The first-order valence-corrected chi connectivity index (χ1v) is 9.67. The first-order chi connectivity index (χ1) is 12.8. The second-order valence-electron chi connectivity index (χ2n) is 5.82. The van der Waals surface area contributed by atoms with Gasteiger partial charge in [-0.25, -0.2) is 8.42 Å². The molecule has 0 saturated carbocycles. The Morgan fingerprint density at radius 2 is 2.00 bits per heavy atom. The van der Waals surface area contributed by atoms with Gasteiger partial charge in [0, 0.05) is 6.07 Å². The summed E-state index contributed by atoms with van der Waals surface area (Å²) >= 11 is 6.04. The highest BCUT2D eigenvalue weighted by Gasteiger charge is 2.29. The van der Waals surface area contributed by atoms with Crippen molar-refractivity contribution in [3.63, 3.8) is 0 Å². The molecule has 1 atom stereocenters. The molecule has 3 rings (SSSR count). The number of carboxylic acids is 1. The van der Waals surface area contributed by atoms with E-state index in [9.17, 15) is 23.1 Å². The Bertz CT molecular complexity index is 994. The van der Waals surface area contributed by atoms with Crippen molar-refractivity contribution in [3.8, 4) is 5.75 Å². The number of hydrogen-bond donors (Lipinski definition) is 3. The van der Waals surface area contributed by atoms with Crippen molar-refractivity contribution >= 4 is 39.2 Å². The maximum atomic E-state index is 12.7. The zero-order valence-corrected chi connectivity index (χ0v) is 15.4. The summed E-state index contributed by atoms with van der Waals surface area (Å²) in [5, 5.41) is 11.7. The van der Waals surface area contributed by atoms with Crippen LogP contribution in [0.4, 0.5) is 5.69 Å². The number of carbonyl (C=O) groups is 2. The molecule has 3 N–H and O–H groups in total. The van der Waals surface area contributed by atoms with Gasteiger partial charge in [-0.05, 0) is 18.1 Å². The summed E-state index contributed by atoms with van der Waals surface area (Å²) in [6, 6.07) is 9.65. The van der Waals surface area contributed by atoms with Crippen LogP contribution in [0.1, 0.15) is 5.56 Å². The summed E-state index contributed by atoms with van der Waals surface area (Å²) in [4.78, 5) is 22.5. The zero-order valence-electron chi connectivity index (χ0n) is 13.8. The Balaban J connectivity index is 1.89. The van der Waals surface area contributed by atoms with Crippen molar-refractivity contribution in [1.29, 1.82) is 0 Å². The number of carboxylic acid groups (broad SMARTS) is 1. The van der Waals surface area contributed by atoms with Crippen LogP contribution in [0, 0.1) is 0 Å². The number of nitrogens with one attached hydrogen (secondary N) is 2. The highest BCUT2D eigenvalue weighted by molar-refractivity contribution is 7.89. The van der Waals surface area contributed by atoms with Gasteiger partial charge in [0.1, 0.15) is 16.7 Å². The Labute approximate surface area is 160 Å². The fraction of sp³-hybridized carbons (Fsp3) is 0.176. The molecule has 10 heteroatoms. The highest BCUT2D eigenvalue weighted by atomic mass is 35.5. The molecule has 2 aromatic rings. The molecular weight excluding hydrogens is 396 g/mol. The van der Waals surface area contributed by atoms with E-state index in [2.05, 4.69) is 10.0 Å². The molecule has 0 unspecified atom stereocenters. The molecule has 0 spiro atoms. The van der Waals surface area contributed by atoms with Gasteiger partial charge in [0.25, 0.3) is 5.91 Å². The predicted molar refractivity (Wildman–Crippen MR) is 97.5 cm³/mol. The number of benzene rings is 2. The number of hydrogen-bond acceptors (Lipinski definition) is 5. The zero-order chi connectivity index (χ0) is 19.6. The summed E-state index contributed by atoms with van der Waals surface area (Å²) in [6.45, 7) is -0.257. The number of aliphatic carboxylic acids is 1. The van der Waals surface area contributed by atoms with E-state index in [4.69, 9.17) is 16.3 Å². The van der Waals surface area contributed by atoms with E-state index in [1.54, 1.807) is 30.3 Å². The standard InChI is InChI=1S/C17H15ClN2O6S/c18-11-7-12-14(26-9-16(21)19-12)8-15(11)27(24,25)20-13(17(22)23)6-10-4-2-1-3-5-10/h1-5,7-8,13,20H,6,9H2,(H,19,21)(H,22,23)/t13-/m1/s1. The Morgan fingerprint density at radius 1 is 1.30 bits per heavy atom. The second-order valence-corrected chi connectivity index (χ2v) is 7.91. The van der Waals surface area contributed by atoms with E-state index in [0.29, 0.717) is 5.56 Å².